The second kappa shape index (κ2) is 8.39. The molecular weight excluding hydrogens is 353 g/mol. The van der Waals surface area contributed by atoms with Gasteiger partial charge in [-0.25, -0.2) is 9.59 Å². The predicted octanol–water partition coefficient (Wildman–Crippen LogP) is 2.79. The first kappa shape index (κ1) is 17.3. The Hall–Kier alpha value is -0.730. The SMILES string of the molecule is CN(CCCOC(=O)OCI)C(=O)OC(C)(C)C. The molecule has 0 bridgehead atoms. The molecule has 0 heterocycles. The largest absolute Gasteiger partial charge is 0.509 e. The fraction of sp³-hybridized carbons (Fsp3) is 0.818. The molecule has 106 valence electrons. The average Bonchev–Trinajstić information content (AvgIpc) is 2.22. The van der Waals surface area contributed by atoms with Crippen LogP contribution in [0.2, 0.25) is 0 Å². The van der Waals surface area contributed by atoms with Gasteiger partial charge in [-0.3, -0.25) is 0 Å². The van der Waals surface area contributed by atoms with Crippen molar-refractivity contribution in [3.63, 3.8) is 0 Å². The van der Waals surface area contributed by atoms with Crippen molar-refractivity contribution in [3.8, 4) is 0 Å². The second-order valence-corrected chi connectivity index (χ2v) is 5.23. The lowest BCUT2D eigenvalue weighted by atomic mass is 10.2. The second-order valence-electron chi connectivity index (χ2n) is 4.61. The maximum absolute atomic E-state index is 11.6. The summed E-state index contributed by atoms with van der Waals surface area (Å²) in [4.78, 5) is 23.9. The number of amides is 1. The Labute approximate surface area is 121 Å². The van der Waals surface area contributed by atoms with Crippen LogP contribution in [0.25, 0.3) is 0 Å². The molecule has 7 heteroatoms. The molecular formula is C11H20INO5. The van der Waals surface area contributed by atoms with E-state index in [4.69, 9.17) is 9.47 Å². The molecule has 0 N–H and O–H groups in total. The molecule has 0 unspecified atom stereocenters. The number of ether oxygens (including phenoxy) is 3. The summed E-state index contributed by atoms with van der Waals surface area (Å²) in [5.41, 5.74) is -0.508. The molecule has 18 heavy (non-hydrogen) atoms. The molecule has 0 rings (SSSR count). The van der Waals surface area contributed by atoms with Crippen molar-refractivity contribution in [2.75, 3.05) is 24.8 Å². The lowest BCUT2D eigenvalue weighted by molar-refractivity contribution is 0.0279. The fourth-order valence-corrected chi connectivity index (χ4v) is 1.23. The van der Waals surface area contributed by atoms with E-state index in [2.05, 4.69) is 4.74 Å². The molecule has 0 saturated heterocycles. The molecule has 0 aliphatic heterocycles. The van der Waals surface area contributed by atoms with E-state index >= 15 is 0 Å². The summed E-state index contributed by atoms with van der Waals surface area (Å²) in [6.45, 7) is 6.08. The van der Waals surface area contributed by atoms with Crippen LogP contribution < -0.4 is 0 Å². The first-order chi connectivity index (χ1) is 8.26. The number of halogens is 1. The zero-order valence-electron chi connectivity index (χ0n) is 11.2. The summed E-state index contributed by atoms with van der Waals surface area (Å²) in [6, 6.07) is 0. The number of carbonyl (C=O) groups excluding carboxylic acids is 2. The Kier molecular flexibility index (Phi) is 8.05. The van der Waals surface area contributed by atoms with Gasteiger partial charge in [-0.15, -0.1) is 0 Å². The van der Waals surface area contributed by atoms with E-state index < -0.39 is 17.8 Å². The molecule has 0 atom stereocenters. The summed E-state index contributed by atoms with van der Waals surface area (Å²) >= 11 is 1.90. The van der Waals surface area contributed by atoms with Gasteiger partial charge in [0.05, 0.1) is 6.61 Å². The maximum atomic E-state index is 11.6. The monoisotopic (exact) mass is 373 g/mol. The van der Waals surface area contributed by atoms with Crippen molar-refractivity contribution in [1.29, 1.82) is 0 Å². The fourth-order valence-electron chi connectivity index (χ4n) is 0.975. The number of alkyl halides is 1. The van der Waals surface area contributed by atoms with Crippen LogP contribution in [0.15, 0.2) is 0 Å². The topological polar surface area (TPSA) is 65.1 Å². The van der Waals surface area contributed by atoms with Gasteiger partial charge >= 0.3 is 12.2 Å². The first-order valence-electron chi connectivity index (χ1n) is 5.56. The van der Waals surface area contributed by atoms with Gasteiger partial charge in [-0.05, 0) is 49.8 Å². The average molecular weight is 373 g/mol. The highest BCUT2D eigenvalue weighted by Crippen LogP contribution is 2.09. The van der Waals surface area contributed by atoms with Gasteiger partial charge in [-0.2, -0.15) is 0 Å². The smallest absolute Gasteiger partial charge is 0.444 e. The number of nitrogens with zero attached hydrogens (tertiary/aromatic N) is 1. The summed E-state index contributed by atoms with van der Waals surface area (Å²) in [5.74, 6) is 0. The molecule has 0 aromatic carbocycles. The van der Waals surface area contributed by atoms with Crippen molar-refractivity contribution in [2.45, 2.75) is 32.8 Å². The van der Waals surface area contributed by atoms with Crippen molar-refractivity contribution in [2.24, 2.45) is 0 Å². The van der Waals surface area contributed by atoms with E-state index in [0.717, 1.165) is 0 Å². The van der Waals surface area contributed by atoms with Crippen molar-refractivity contribution in [3.05, 3.63) is 0 Å². The molecule has 0 aromatic heterocycles. The van der Waals surface area contributed by atoms with E-state index in [9.17, 15) is 9.59 Å². The van der Waals surface area contributed by atoms with Crippen molar-refractivity contribution < 1.29 is 23.8 Å². The van der Waals surface area contributed by atoms with Gasteiger partial charge in [0.25, 0.3) is 0 Å². The van der Waals surface area contributed by atoms with Gasteiger partial charge < -0.3 is 19.1 Å². The van der Waals surface area contributed by atoms with Crippen LogP contribution in [0.1, 0.15) is 27.2 Å². The summed E-state index contributed by atoms with van der Waals surface area (Å²) in [5, 5.41) is 0. The van der Waals surface area contributed by atoms with Gasteiger partial charge in [0.2, 0.25) is 0 Å². The highest BCUT2D eigenvalue weighted by molar-refractivity contribution is 14.1. The Balaban J connectivity index is 3.74. The standard InChI is InChI=1S/C11H20INO5/c1-11(2,3)18-9(14)13(4)6-5-7-16-10(15)17-8-12/h5-8H2,1-4H3. The van der Waals surface area contributed by atoms with E-state index in [1.807, 2.05) is 43.4 Å². The minimum atomic E-state index is -0.690. The normalized spacial score (nSPS) is 10.7. The zero-order chi connectivity index (χ0) is 14.2. The highest BCUT2D eigenvalue weighted by Gasteiger charge is 2.19. The lowest BCUT2D eigenvalue weighted by Gasteiger charge is -2.24. The van der Waals surface area contributed by atoms with E-state index in [-0.39, 0.29) is 11.2 Å². The van der Waals surface area contributed by atoms with E-state index in [1.54, 1.807) is 7.05 Å². The van der Waals surface area contributed by atoms with Crippen LogP contribution in [-0.4, -0.2) is 47.6 Å². The number of hydrogen-bond donors (Lipinski definition) is 0. The predicted molar refractivity (Wildman–Crippen MR) is 74.8 cm³/mol. The zero-order valence-corrected chi connectivity index (χ0v) is 13.4. The van der Waals surface area contributed by atoms with Crippen LogP contribution in [0, 0.1) is 0 Å². The maximum Gasteiger partial charge on any atom is 0.509 e. The lowest BCUT2D eigenvalue weighted by Crippen LogP contribution is -2.35. The molecule has 6 nitrogen and oxygen atoms in total. The molecule has 0 aliphatic carbocycles. The minimum Gasteiger partial charge on any atom is -0.444 e. The van der Waals surface area contributed by atoms with Gasteiger partial charge in [0.15, 0.2) is 0 Å². The van der Waals surface area contributed by atoms with Crippen LogP contribution in [0.3, 0.4) is 0 Å². The highest BCUT2D eigenvalue weighted by atomic mass is 127. The van der Waals surface area contributed by atoms with Crippen molar-refractivity contribution in [1.82, 2.24) is 4.90 Å². The number of rotatable bonds is 5. The van der Waals surface area contributed by atoms with E-state index in [1.165, 1.54) is 4.90 Å². The third kappa shape index (κ3) is 9.32. The Morgan fingerprint density at radius 3 is 2.33 bits per heavy atom. The van der Waals surface area contributed by atoms with Gasteiger partial charge in [0.1, 0.15) is 10.2 Å². The van der Waals surface area contributed by atoms with Crippen LogP contribution in [0.4, 0.5) is 9.59 Å². The van der Waals surface area contributed by atoms with Crippen LogP contribution in [0.5, 0.6) is 0 Å². The first-order valence-corrected chi connectivity index (χ1v) is 7.08. The van der Waals surface area contributed by atoms with E-state index in [0.29, 0.717) is 13.0 Å². The Bertz CT molecular complexity index is 277. The Morgan fingerprint density at radius 2 is 1.83 bits per heavy atom. The van der Waals surface area contributed by atoms with Crippen LogP contribution in [-0.2, 0) is 14.2 Å². The third-order valence-electron chi connectivity index (χ3n) is 1.74. The van der Waals surface area contributed by atoms with Gasteiger partial charge in [-0.1, -0.05) is 0 Å². The van der Waals surface area contributed by atoms with Gasteiger partial charge in [0, 0.05) is 13.6 Å². The quantitative estimate of drug-likeness (QED) is 0.321. The minimum absolute atomic E-state index is 0.211. The summed E-state index contributed by atoms with van der Waals surface area (Å²) < 4.78 is 14.8. The molecule has 0 fully saturated rings. The third-order valence-corrected chi connectivity index (χ3v) is 2.05. The molecule has 0 spiro atoms. The summed E-state index contributed by atoms with van der Waals surface area (Å²) in [7, 11) is 1.64. The number of hydrogen-bond acceptors (Lipinski definition) is 5. The summed E-state index contributed by atoms with van der Waals surface area (Å²) in [6.07, 6.45) is -0.548. The van der Waals surface area contributed by atoms with Crippen molar-refractivity contribution >= 4 is 34.8 Å². The Morgan fingerprint density at radius 1 is 1.22 bits per heavy atom. The molecule has 0 aromatic rings. The molecule has 0 aliphatic rings. The number of carbonyl (C=O) groups is 2. The molecule has 0 radical (unpaired) electrons. The molecule has 0 saturated carbocycles. The molecule has 1 amide bonds. The van der Waals surface area contributed by atoms with Crippen LogP contribution >= 0.6 is 22.6 Å².